The fraction of sp³-hybridized carbons (Fsp3) is 0.667. The van der Waals surface area contributed by atoms with Crippen LogP contribution in [-0.2, 0) is 42.1 Å². The molecule has 1 aliphatic carbocycles. The maximum Gasteiger partial charge on any atom is 0.329 e. The first kappa shape index (κ1) is 38.1. The topological polar surface area (TPSA) is 199 Å². The fourth-order valence-electron chi connectivity index (χ4n) is 6.35. The van der Waals surface area contributed by atoms with Crippen LogP contribution in [-0.4, -0.2) is 91.3 Å². The SMILES string of the molecule is CC(C)C[C@H](OC(=O)[C@H](Cc1csc(N)n1)NC(=O)[C@H](Cc1ccccc1)NS(=O)(=O)N1CCOCC1)[C@H](O)[C@@H](N)CC1CCCCC1. The number of aromatic nitrogens is 1. The first-order valence-corrected chi connectivity index (χ1v) is 19.3. The van der Waals surface area contributed by atoms with E-state index in [4.69, 9.17) is 20.9 Å². The van der Waals surface area contributed by atoms with Crippen molar-refractivity contribution in [2.75, 3.05) is 32.0 Å². The molecule has 2 fully saturated rings. The third kappa shape index (κ3) is 11.7. The minimum atomic E-state index is -4.07. The average Bonchev–Trinajstić information content (AvgIpc) is 3.48. The molecule has 1 saturated carbocycles. The van der Waals surface area contributed by atoms with Crippen LogP contribution < -0.4 is 21.5 Å². The molecule has 48 heavy (non-hydrogen) atoms. The molecule has 15 heteroatoms. The van der Waals surface area contributed by atoms with Crippen molar-refractivity contribution in [2.24, 2.45) is 17.6 Å². The number of hydrogen-bond acceptors (Lipinski definition) is 11. The third-order valence-electron chi connectivity index (χ3n) is 8.91. The van der Waals surface area contributed by atoms with Crippen molar-refractivity contribution < 1.29 is 32.6 Å². The number of rotatable bonds is 17. The third-order valence-corrected chi connectivity index (χ3v) is 11.3. The van der Waals surface area contributed by atoms with Gasteiger partial charge < -0.3 is 31.4 Å². The summed E-state index contributed by atoms with van der Waals surface area (Å²) in [5.74, 6) is -0.992. The average molecular weight is 709 g/mol. The quantitative estimate of drug-likeness (QED) is 0.152. The van der Waals surface area contributed by atoms with E-state index >= 15 is 0 Å². The molecule has 2 aliphatic rings. The highest BCUT2D eigenvalue weighted by atomic mass is 32.2. The van der Waals surface area contributed by atoms with E-state index in [-0.39, 0.29) is 45.1 Å². The Morgan fingerprint density at radius 2 is 1.79 bits per heavy atom. The molecule has 5 atom stereocenters. The lowest BCUT2D eigenvalue weighted by atomic mass is 9.83. The van der Waals surface area contributed by atoms with Crippen LogP contribution in [0.1, 0.15) is 70.1 Å². The Labute approximate surface area is 288 Å². The maximum atomic E-state index is 13.9. The Balaban J connectivity index is 1.54. The highest BCUT2D eigenvalue weighted by molar-refractivity contribution is 7.87. The minimum absolute atomic E-state index is 0.0341. The van der Waals surface area contributed by atoms with Gasteiger partial charge in [0.15, 0.2) is 5.13 Å². The van der Waals surface area contributed by atoms with Gasteiger partial charge in [-0.05, 0) is 36.7 Å². The molecule has 0 bridgehead atoms. The predicted molar refractivity (Wildman–Crippen MR) is 185 cm³/mol. The summed E-state index contributed by atoms with van der Waals surface area (Å²) in [6.07, 6.45) is 4.62. The number of nitrogens with zero attached hydrogens (tertiary/aromatic N) is 2. The van der Waals surface area contributed by atoms with Gasteiger partial charge in [-0.25, -0.2) is 9.78 Å². The molecule has 268 valence electrons. The number of nitrogens with one attached hydrogen (secondary N) is 2. The van der Waals surface area contributed by atoms with Gasteiger partial charge in [-0.3, -0.25) is 4.79 Å². The number of ether oxygens (including phenoxy) is 2. The van der Waals surface area contributed by atoms with Crippen LogP contribution >= 0.6 is 11.3 Å². The molecule has 1 aliphatic heterocycles. The van der Waals surface area contributed by atoms with Gasteiger partial charge in [-0.2, -0.15) is 17.4 Å². The van der Waals surface area contributed by atoms with Gasteiger partial charge in [0.2, 0.25) is 5.91 Å². The molecule has 7 N–H and O–H groups in total. The van der Waals surface area contributed by atoms with Crippen molar-refractivity contribution in [3.63, 3.8) is 0 Å². The van der Waals surface area contributed by atoms with Crippen molar-refractivity contribution >= 4 is 38.6 Å². The van der Waals surface area contributed by atoms with Crippen molar-refractivity contribution in [3.8, 4) is 0 Å². The molecule has 1 amide bonds. The zero-order valence-electron chi connectivity index (χ0n) is 28.0. The van der Waals surface area contributed by atoms with Crippen LogP contribution in [0.4, 0.5) is 5.13 Å². The van der Waals surface area contributed by atoms with Gasteiger partial charge in [-0.15, -0.1) is 11.3 Å². The highest BCUT2D eigenvalue weighted by Gasteiger charge is 2.36. The number of anilines is 1. The van der Waals surface area contributed by atoms with Crippen LogP contribution in [0.25, 0.3) is 0 Å². The summed E-state index contributed by atoms with van der Waals surface area (Å²) in [5, 5.41) is 16.1. The first-order chi connectivity index (χ1) is 22.9. The van der Waals surface area contributed by atoms with Gasteiger partial charge in [0.1, 0.15) is 24.3 Å². The van der Waals surface area contributed by atoms with Crippen LogP contribution in [0.3, 0.4) is 0 Å². The Kier molecular flexibility index (Phi) is 14.6. The summed E-state index contributed by atoms with van der Waals surface area (Å²) in [5.41, 5.74) is 13.5. The minimum Gasteiger partial charge on any atom is -0.458 e. The largest absolute Gasteiger partial charge is 0.458 e. The summed E-state index contributed by atoms with van der Waals surface area (Å²) in [4.78, 5) is 32.1. The number of nitrogens with two attached hydrogens (primary N) is 2. The number of aliphatic hydroxyl groups is 1. The van der Waals surface area contributed by atoms with Crippen LogP contribution in [0, 0.1) is 11.8 Å². The van der Waals surface area contributed by atoms with Gasteiger partial charge in [0, 0.05) is 30.9 Å². The molecular weight excluding hydrogens is 657 g/mol. The number of morpholine rings is 1. The highest BCUT2D eigenvalue weighted by Crippen LogP contribution is 2.29. The maximum absolute atomic E-state index is 13.9. The number of esters is 1. The zero-order chi connectivity index (χ0) is 34.7. The number of benzene rings is 1. The molecule has 1 saturated heterocycles. The lowest BCUT2D eigenvalue weighted by molar-refractivity contribution is -0.161. The monoisotopic (exact) mass is 708 g/mol. The normalized spacial score (nSPS) is 19.7. The number of hydrogen-bond donors (Lipinski definition) is 5. The van der Waals surface area contributed by atoms with Gasteiger partial charge in [-0.1, -0.05) is 76.3 Å². The van der Waals surface area contributed by atoms with E-state index in [1.165, 1.54) is 22.1 Å². The molecular formula is C33H52N6O7S2. The van der Waals surface area contributed by atoms with Gasteiger partial charge in [0.25, 0.3) is 10.2 Å². The lowest BCUT2D eigenvalue weighted by Gasteiger charge is -2.33. The lowest BCUT2D eigenvalue weighted by Crippen LogP contribution is -2.57. The summed E-state index contributed by atoms with van der Waals surface area (Å²) in [7, 11) is -4.07. The summed E-state index contributed by atoms with van der Waals surface area (Å²) >= 11 is 1.19. The Bertz CT molecular complexity index is 1400. The van der Waals surface area contributed by atoms with Crippen molar-refractivity contribution in [3.05, 3.63) is 47.0 Å². The molecule has 1 aromatic heterocycles. The molecule has 0 radical (unpaired) electrons. The molecule has 2 aromatic rings. The van der Waals surface area contributed by atoms with Gasteiger partial charge >= 0.3 is 5.97 Å². The standard InChI is InChI=1S/C33H52N6O7S2/c1-22(2)17-29(30(40)26(34)18-23-9-5-3-6-10-23)46-32(42)28(20-25-21-47-33(35)36-25)37-31(41)27(19-24-11-7-4-8-12-24)38-48(43,44)39-13-15-45-16-14-39/h4,7-8,11-12,21-23,26-30,38,40H,3,5-6,9-10,13-20,34H2,1-2H3,(H2,35,36)(H,37,41)/t26-,27-,28-,29-,30+/m0/s1. The number of amides is 1. The van der Waals surface area contributed by atoms with Crippen molar-refractivity contribution in [1.82, 2.24) is 19.3 Å². The molecule has 4 rings (SSSR count). The number of nitrogen functional groups attached to an aromatic ring is 1. The van der Waals surface area contributed by atoms with Crippen molar-refractivity contribution in [2.45, 2.75) is 102 Å². The summed E-state index contributed by atoms with van der Waals surface area (Å²) in [6, 6.07) is 5.92. The number of carbonyl (C=O) groups excluding carboxylic acids is 2. The Morgan fingerprint density at radius 3 is 2.42 bits per heavy atom. The summed E-state index contributed by atoms with van der Waals surface area (Å²) in [6.45, 7) is 4.72. The first-order valence-electron chi connectivity index (χ1n) is 16.9. The predicted octanol–water partition coefficient (Wildman–Crippen LogP) is 2.15. The summed E-state index contributed by atoms with van der Waals surface area (Å²) < 4.78 is 41.8. The van der Waals surface area contributed by atoms with Crippen LogP contribution in [0.5, 0.6) is 0 Å². The second-order valence-electron chi connectivity index (χ2n) is 13.3. The number of thiazole rings is 1. The number of carbonyl (C=O) groups is 2. The van der Waals surface area contributed by atoms with E-state index in [0.29, 0.717) is 29.6 Å². The zero-order valence-corrected chi connectivity index (χ0v) is 29.6. The molecule has 13 nitrogen and oxygen atoms in total. The van der Waals surface area contributed by atoms with E-state index in [1.807, 2.05) is 19.9 Å². The Hall–Kier alpha value is -2.66. The van der Waals surface area contributed by atoms with E-state index in [9.17, 15) is 23.1 Å². The Morgan fingerprint density at radius 1 is 1.10 bits per heavy atom. The van der Waals surface area contributed by atoms with E-state index in [1.54, 1.807) is 29.6 Å². The fourth-order valence-corrected chi connectivity index (χ4v) is 8.25. The second kappa shape index (κ2) is 18.4. The molecule has 1 aromatic carbocycles. The van der Waals surface area contributed by atoms with Crippen LogP contribution in [0.15, 0.2) is 35.7 Å². The smallest absolute Gasteiger partial charge is 0.329 e. The van der Waals surface area contributed by atoms with E-state index in [2.05, 4.69) is 15.0 Å². The van der Waals surface area contributed by atoms with Gasteiger partial charge in [0.05, 0.1) is 18.9 Å². The van der Waals surface area contributed by atoms with Crippen molar-refractivity contribution in [1.29, 1.82) is 0 Å². The van der Waals surface area contributed by atoms with E-state index < -0.39 is 52.4 Å². The molecule has 2 heterocycles. The number of aliphatic hydroxyl groups excluding tert-OH is 1. The molecule has 0 spiro atoms. The van der Waals surface area contributed by atoms with E-state index in [0.717, 1.165) is 31.2 Å². The molecule has 0 unspecified atom stereocenters. The van der Waals surface area contributed by atoms with Crippen LogP contribution in [0.2, 0.25) is 0 Å². The second-order valence-corrected chi connectivity index (χ2v) is 15.9.